The Balaban J connectivity index is 2.11. The number of aromatic nitrogens is 2. The van der Waals surface area contributed by atoms with Crippen LogP contribution in [0.2, 0.25) is 5.15 Å². The van der Waals surface area contributed by atoms with E-state index in [2.05, 4.69) is 9.97 Å². The highest BCUT2D eigenvalue weighted by molar-refractivity contribution is 14.1. The molecule has 2 rings (SSSR count). The fourth-order valence-electron chi connectivity index (χ4n) is 2.79. The predicted molar refractivity (Wildman–Crippen MR) is 101 cm³/mol. The first-order valence-corrected chi connectivity index (χ1v) is 10.00. The molecule has 28 heavy (non-hydrogen) atoms. The van der Waals surface area contributed by atoms with Crippen LogP contribution in [0, 0.1) is 9.62 Å². The number of nitrogens with zero attached hydrogens (tertiary/aromatic N) is 3. The summed E-state index contributed by atoms with van der Waals surface area (Å²) in [4.78, 5) is 21.8. The molecule has 2 heterocycles. The van der Waals surface area contributed by atoms with E-state index in [1.54, 1.807) is 34.4 Å². The molecular weight excluding hydrogens is 524 g/mol. The van der Waals surface area contributed by atoms with E-state index in [1.165, 1.54) is 0 Å². The zero-order chi connectivity index (χ0) is 21.1. The molecule has 1 aromatic heterocycles. The quantitative estimate of drug-likeness (QED) is 0.298. The molecule has 0 spiro atoms. The first kappa shape index (κ1) is 23.3. The smallest absolute Gasteiger partial charge is 0.453 e. The summed E-state index contributed by atoms with van der Waals surface area (Å²) in [5, 5.41) is 0.0327. The Morgan fingerprint density at radius 1 is 1.25 bits per heavy atom. The second-order valence-electron chi connectivity index (χ2n) is 6.29. The molecule has 0 radical (unpaired) electrons. The maximum absolute atomic E-state index is 13.2. The number of hydrogen-bond donors (Lipinski definition) is 0. The Morgan fingerprint density at radius 2 is 1.86 bits per heavy atom. The summed E-state index contributed by atoms with van der Waals surface area (Å²) in [5.41, 5.74) is 0.0245. The van der Waals surface area contributed by atoms with Gasteiger partial charge in [-0.15, -0.1) is 0 Å². The minimum absolute atomic E-state index is 0.0245. The Hall–Kier alpha value is -0.980. The number of halogens is 7. The molecule has 0 aromatic carbocycles. The molecule has 0 aliphatic carbocycles. The zero-order valence-corrected chi connectivity index (χ0v) is 17.7. The van der Waals surface area contributed by atoms with Crippen LogP contribution in [0.3, 0.4) is 0 Å². The molecule has 1 aliphatic rings. The highest BCUT2D eigenvalue weighted by Gasteiger charge is 2.56. The molecule has 0 amide bonds. The van der Waals surface area contributed by atoms with E-state index >= 15 is 0 Å². The third kappa shape index (κ3) is 5.55. The third-order valence-corrected chi connectivity index (χ3v) is 5.48. The number of esters is 1. The van der Waals surface area contributed by atoms with Gasteiger partial charge in [0.15, 0.2) is 11.0 Å². The molecule has 0 N–H and O–H groups in total. The SMILES string of the molecule is CCOC(=O)C1CCN(c2nc(CCC(F)(F)C(F)(F)F)c(I)nc2Cl)CC1. The molecule has 0 saturated carbocycles. The van der Waals surface area contributed by atoms with Gasteiger partial charge in [-0.05, 0) is 48.8 Å². The number of alkyl halides is 5. The van der Waals surface area contributed by atoms with Crippen LogP contribution >= 0.6 is 34.2 Å². The number of hydrogen-bond acceptors (Lipinski definition) is 5. The van der Waals surface area contributed by atoms with E-state index in [0.29, 0.717) is 32.5 Å². The number of carbonyl (C=O) groups excluding carboxylic acids is 1. The molecule has 1 saturated heterocycles. The van der Waals surface area contributed by atoms with Crippen LogP contribution in [0.1, 0.15) is 31.9 Å². The number of carbonyl (C=O) groups is 1. The molecule has 5 nitrogen and oxygen atoms in total. The maximum atomic E-state index is 13.2. The fraction of sp³-hybridized carbons (Fsp3) is 0.688. The average Bonchev–Trinajstić information content (AvgIpc) is 2.60. The molecule has 1 fully saturated rings. The molecule has 1 aromatic rings. The van der Waals surface area contributed by atoms with Crippen molar-refractivity contribution in [2.75, 3.05) is 24.6 Å². The summed E-state index contributed by atoms with van der Waals surface area (Å²) < 4.78 is 68.7. The van der Waals surface area contributed by atoms with Crippen molar-refractivity contribution in [2.45, 2.75) is 44.7 Å². The topological polar surface area (TPSA) is 55.3 Å². The Morgan fingerprint density at radius 3 is 2.39 bits per heavy atom. The average molecular weight is 542 g/mol. The van der Waals surface area contributed by atoms with Crippen molar-refractivity contribution in [2.24, 2.45) is 5.92 Å². The van der Waals surface area contributed by atoms with Gasteiger partial charge >= 0.3 is 18.1 Å². The van der Waals surface area contributed by atoms with Gasteiger partial charge in [-0.3, -0.25) is 4.79 Å². The van der Waals surface area contributed by atoms with E-state index in [-0.39, 0.29) is 32.3 Å². The van der Waals surface area contributed by atoms with Gasteiger partial charge in [0.25, 0.3) is 0 Å². The number of aryl methyl sites for hydroxylation is 1. The van der Waals surface area contributed by atoms with Gasteiger partial charge in [-0.1, -0.05) is 11.6 Å². The number of rotatable bonds is 6. The lowest BCUT2D eigenvalue weighted by molar-refractivity contribution is -0.284. The summed E-state index contributed by atoms with van der Waals surface area (Å²) >= 11 is 7.81. The zero-order valence-electron chi connectivity index (χ0n) is 14.8. The van der Waals surface area contributed by atoms with E-state index in [0.717, 1.165) is 0 Å². The van der Waals surface area contributed by atoms with E-state index in [1.807, 2.05) is 0 Å². The first-order chi connectivity index (χ1) is 13.0. The molecule has 0 bridgehead atoms. The van der Waals surface area contributed by atoms with Crippen molar-refractivity contribution >= 4 is 46.0 Å². The van der Waals surface area contributed by atoms with Crippen molar-refractivity contribution in [3.63, 3.8) is 0 Å². The second kappa shape index (κ2) is 9.23. The summed E-state index contributed by atoms with van der Waals surface area (Å²) in [6, 6.07) is 0. The van der Waals surface area contributed by atoms with Gasteiger partial charge in [0.1, 0.15) is 3.70 Å². The van der Waals surface area contributed by atoms with Crippen LogP contribution in [0.5, 0.6) is 0 Å². The summed E-state index contributed by atoms with van der Waals surface area (Å²) in [6.07, 6.45) is -6.65. The van der Waals surface area contributed by atoms with Gasteiger partial charge in [-0.25, -0.2) is 9.97 Å². The lowest BCUT2D eigenvalue weighted by Crippen LogP contribution is -2.38. The van der Waals surface area contributed by atoms with Gasteiger partial charge in [0, 0.05) is 19.5 Å². The van der Waals surface area contributed by atoms with Gasteiger partial charge in [0.2, 0.25) is 0 Å². The van der Waals surface area contributed by atoms with Crippen molar-refractivity contribution in [1.82, 2.24) is 9.97 Å². The van der Waals surface area contributed by atoms with Crippen LogP contribution in [-0.2, 0) is 16.0 Å². The Kier molecular flexibility index (Phi) is 7.68. The second-order valence-corrected chi connectivity index (χ2v) is 7.67. The summed E-state index contributed by atoms with van der Waals surface area (Å²) in [6.45, 7) is 2.84. The van der Waals surface area contributed by atoms with Crippen molar-refractivity contribution in [3.8, 4) is 0 Å². The summed E-state index contributed by atoms with van der Waals surface area (Å²) in [7, 11) is 0. The highest BCUT2D eigenvalue weighted by Crippen LogP contribution is 2.39. The molecule has 158 valence electrons. The maximum Gasteiger partial charge on any atom is 0.453 e. The monoisotopic (exact) mass is 541 g/mol. The largest absolute Gasteiger partial charge is 0.466 e. The van der Waals surface area contributed by atoms with Gasteiger partial charge in [-0.2, -0.15) is 22.0 Å². The third-order valence-electron chi connectivity index (χ3n) is 4.36. The van der Waals surface area contributed by atoms with Crippen LogP contribution in [0.25, 0.3) is 0 Å². The molecule has 1 aliphatic heterocycles. The van der Waals surface area contributed by atoms with Crippen molar-refractivity contribution in [3.05, 3.63) is 14.5 Å². The minimum atomic E-state index is -5.61. The van der Waals surface area contributed by atoms with Gasteiger partial charge < -0.3 is 9.64 Å². The van der Waals surface area contributed by atoms with Gasteiger partial charge in [0.05, 0.1) is 18.2 Å². The summed E-state index contributed by atoms with van der Waals surface area (Å²) in [5.74, 6) is -5.13. The molecule has 0 unspecified atom stereocenters. The normalized spacial score (nSPS) is 16.4. The lowest BCUT2D eigenvalue weighted by atomic mass is 9.97. The highest BCUT2D eigenvalue weighted by atomic mass is 127. The van der Waals surface area contributed by atoms with Crippen molar-refractivity contribution in [1.29, 1.82) is 0 Å². The Bertz CT molecular complexity index is 712. The van der Waals surface area contributed by atoms with Crippen LogP contribution in [-0.4, -0.2) is 47.7 Å². The van der Waals surface area contributed by atoms with E-state index in [4.69, 9.17) is 16.3 Å². The molecule has 12 heteroatoms. The van der Waals surface area contributed by atoms with Crippen LogP contribution < -0.4 is 4.90 Å². The lowest BCUT2D eigenvalue weighted by Gasteiger charge is -2.32. The van der Waals surface area contributed by atoms with E-state index in [9.17, 15) is 26.7 Å². The first-order valence-electron chi connectivity index (χ1n) is 8.54. The number of ether oxygens (including phenoxy) is 1. The Labute approximate surface area is 177 Å². The van der Waals surface area contributed by atoms with Crippen molar-refractivity contribution < 1.29 is 31.5 Å². The standard InChI is InChI=1S/C16H18ClF5IN3O2/c1-2-28-14(27)9-4-7-26(8-5-9)13-11(17)25-12(23)10(24-13)3-6-15(18,19)16(20,21)22/h9H,2-8H2,1H3. The van der Waals surface area contributed by atoms with Crippen LogP contribution in [0.4, 0.5) is 27.8 Å². The van der Waals surface area contributed by atoms with Crippen LogP contribution in [0.15, 0.2) is 0 Å². The minimum Gasteiger partial charge on any atom is -0.466 e. The van der Waals surface area contributed by atoms with E-state index < -0.39 is 24.9 Å². The predicted octanol–water partition coefficient (Wildman–Crippen LogP) is 4.64. The number of piperidine rings is 1. The molecular formula is C16H18ClF5IN3O2. The fourth-order valence-corrected chi connectivity index (χ4v) is 3.81. The molecule has 0 atom stereocenters. The number of anilines is 1.